The molecule has 1 aromatic heterocycles. The number of hydrogen-bond acceptors (Lipinski definition) is 4. The van der Waals surface area contributed by atoms with Crippen molar-refractivity contribution in [2.45, 2.75) is 17.9 Å². The van der Waals surface area contributed by atoms with E-state index >= 15 is 0 Å². The molecule has 0 fully saturated rings. The molecule has 6 heteroatoms. The molecule has 0 aliphatic carbocycles. The Morgan fingerprint density at radius 2 is 1.95 bits per heavy atom. The Kier molecular flexibility index (Phi) is 5.53. The minimum Gasteiger partial charge on any atom is -0.395 e. The Morgan fingerprint density at radius 1 is 1.19 bits per heavy atom. The number of benzene rings is 1. The predicted molar refractivity (Wildman–Crippen MR) is 83.4 cm³/mol. The molecule has 4 nitrogen and oxygen atoms in total. The van der Waals surface area contributed by atoms with E-state index in [-0.39, 0.29) is 18.0 Å². The Labute approximate surface area is 128 Å². The van der Waals surface area contributed by atoms with E-state index in [0.29, 0.717) is 6.42 Å². The van der Waals surface area contributed by atoms with Crippen LogP contribution in [0.1, 0.15) is 17.5 Å². The van der Waals surface area contributed by atoms with E-state index in [0.717, 1.165) is 11.1 Å². The van der Waals surface area contributed by atoms with Gasteiger partial charge in [-0.1, -0.05) is 11.8 Å². The summed E-state index contributed by atoms with van der Waals surface area (Å²) in [6.45, 7) is 0.301. The summed E-state index contributed by atoms with van der Waals surface area (Å²) in [5, 5.41) is 12.5. The van der Waals surface area contributed by atoms with Crippen LogP contribution in [0.4, 0.5) is 0 Å². The van der Waals surface area contributed by atoms with Gasteiger partial charge in [0.1, 0.15) is 0 Å². The van der Waals surface area contributed by atoms with Crippen LogP contribution in [0.25, 0.3) is 0 Å². The average Bonchev–Trinajstić information content (AvgIpc) is 3.00. The number of aliphatic hydroxyl groups excluding tert-OH is 1. The van der Waals surface area contributed by atoms with E-state index in [2.05, 4.69) is 16.6 Å². The second-order valence-electron chi connectivity index (χ2n) is 4.26. The van der Waals surface area contributed by atoms with Crippen LogP contribution in [0.15, 0.2) is 46.0 Å². The third-order valence-electron chi connectivity index (χ3n) is 2.68. The summed E-state index contributed by atoms with van der Waals surface area (Å²) < 4.78 is 26.8. The fourth-order valence-corrected chi connectivity index (χ4v) is 3.28. The van der Waals surface area contributed by atoms with Gasteiger partial charge in [0.05, 0.1) is 11.5 Å². The SMILES string of the molecule is O=S(=O)(NCc1ccsc1)c1ccc(C#CCCO)cc1. The highest BCUT2D eigenvalue weighted by Gasteiger charge is 2.13. The van der Waals surface area contributed by atoms with Crippen LogP contribution in [-0.2, 0) is 16.6 Å². The van der Waals surface area contributed by atoms with Gasteiger partial charge in [0.15, 0.2) is 0 Å². The normalized spacial score (nSPS) is 10.9. The van der Waals surface area contributed by atoms with Crippen molar-refractivity contribution in [1.29, 1.82) is 0 Å². The molecule has 2 N–H and O–H groups in total. The number of rotatable bonds is 5. The highest BCUT2D eigenvalue weighted by Crippen LogP contribution is 2.12. The first-order valence-electron chi connectivity index (χ1n) is 6.32. The summed E-state index contributed by atoms with van der Waals surface area (Å²) in [6, 6.07) is 8.25. The summed E-state index contributed by atoms with van der Waals surface area (Å²) >= 11 is 1.53. The topological polar surface area (TPSA) is 66.4 Å². The molecule has 0 spiro atoms. The third kappa shape index (κ3) is 4.69. The number of sulfonamides is 1. The van der Waals surface area contributed by atoms with Crippen LogP contribution in [-0.4, -0.2) is 20.1 Å². The van der Waals surface area contributed by atoms with E-state index in [4.69, 9.17) is 5.11 Å². The lowest BCUT2D eigenvalue weighted by molar-refractivity contribution is 0.305. The lowest BCUT2D eigenvalue weighted by atomic mass is 10.2. The first-order valence-corrected chi connectivity index (χ1v) is 8.75. The summed E-state index contributed by atoms with van der Waals surface area (Å²) in [5.74, 6) is 5.64. The number of aliphatic hydroxyl groups is 1. The van der Waals surface area contributed by atoms with Crippen LogP contribution in [0.5, 0.6) is 0 Å². The van der Waals surface area contributed by atoms with Gasteiger partial charge < -0.3 is 5.11 Å². The van der Waals surface area contributed by atoms with Gasteiger partial charge in [-0.2, -0.15) is 11.3 Å². The summed E-state index contributed by atoms with van der Waals surface area (Å²) in [5.41, 5.74) is 1.66. The first kappa shape index (κ1) is 15.7. The Balaban J connectivity index is 2.05. The number of nitrogens with one attached hydrogen (secondary N) is 1. The van der Waals surface area contributed by atoms with Crippen molar-refractivity contribution >= 4 is 21.4 Å². The van der Waals surface area contributed by atoms with Gasteiger partial charge in [0.2, 0.25) is 10.0 Å². The molecule has 110 valence electrons. The van der Waals surface area contributed by atoms with Gasteiger partial charge in [-0.05, 0) is 46.7 Å². The van der Waals surface area contributed by atoms with Crippen molar-refractivity contribution in [3.8, 4) is 11.8 Å². The minimum atomic E-state index is -3.51. The van der Waals surface area contributed by atoms with Crippen molar-refractivity contribution in [1.82, 2.24) is 4.72 Å². The molecule has 0 saturated heterocycles. The van der Waals surface area contributed by atoms with Gasteiger partial charge in [-0.15, -0.1) is 0 Å². The third-order valence-corrected chi connectivity index (χ3v) is 4.83. The van der Waals surface area contributed by atoms with Gasteiger partial charge in [-0.25, -0.2) is 13.1 Å². The van der Waals surface area contributed by atoms with E-state index in [1.165, 1.54) is 23.5 Å². The fraction of sp³-hybridized carbons (Fsp3) is 0.200. The number of thiophene rings is 1. The van der Waals surface area contributed by atoms with Crippen molar-refractivity contribution < 1.29 is 13.5 Å². The maximum absolute atomic E-state index is 12.1. The predicted octanol–water partition coefficient (Wildman–Crippen LogP) is 1.96. The second-order valence-corrected chi connectivity index (χ2v) is 6.80. The molecule has 0 unspecified atom stereocenters. The number of hydrogen-bond donors (Lipinski definition) is 2. The monoisotopic (exact) mass is 321 g/mol. The van der Waals surface area contributed by atoms with Gasteiger partial charge in [0.25, 0.3) is 0 Å². The quantitative estimate of drug-likeness (QED) is 0.827. The molecule has 21 heavy (non-hydrogen) atoms. The smallest absolute Gasteiger partial charge is 0.240 e. The highest BCUT2D eigenvalue weighted by molar-refractivity contribution is 7.89. The molecular formula is C15H15NO3S2. The van der Waals surface area contributed by atoms with Crippen molar-refractivity contribution in [2.24, 2.45) is 0 Å². The Bertz CT molecular complexity index is 723. The first-order chi connectivity index (χ1) is 10.1. The van der Waals surface area contributed by atoms with Crippen LogP contribution in [0.2, 0.25) is 0 Å². The van der Waals surface area contributed by atoms with E-state index in [1.54, 1.807) is 12.1 Å². The van der Waals surface area contributed by atoms with E-state index in [1.807, 2.05) is 16.8 Å². The molecule has 0 atom stereocenters. The molecule has 0 amide bonds. The molecule has 0 radical (unpaired) electrons. The van der Waals surface area contributed by atoms with Gasteiger partial charge in [0, 0.05) is 18.5 Å². The second kappa shape index (κ2) is 7.38. The van der Waals surface area contributed by atoms with E-state index < -0.39 is 10.0 Å². The maximum atomic E-state index is 12.1. The Hall–Kier alpha value is -1.65. The molecule has 2 aromatic rings. The van der Waals surface area contributed by atoms with Crippen LogP contribution in [0.3, 0.4) is 0 Å². The zero-order valence-electron chi connectivity index (χ0n) is 11.2. The zero-order chi connectivity index (χ0) is 15.1. The average molecular weight is 321 g/mol. The minimum absolute atomic E-state index is 0.0198. The van der Waals surface area contributed by atoms with Crippen LogP contribution in [0, 0.1) is 11.8 Å². The molecular weight excluding hydrogens is 306 g/mol. The zero-order valence-corrected chi connectivity index (χ0v) is 12.9. The van der Waals surface area contributed by atoms with Gasteiger partial charge >= 0.3 is 0 Å². The summed E-state index contributed by atoms with van der Waals surface area (Å²) in [4.78, 5) is 0.213. The van der Waals surface area contributed by atoms with Crippen molar-refractivity contribution in [2.75, 3.05) is 6.61 Å². The lowest BCUT2D eigenvalue weighted by Gasteiger charge is -2.05. The standard InChI is InChI=1S/C15H15NO3S2/c17-9-2-1-3-13-4-6-15(7-5-13)21(18,19)16-11-14-8-10-20-12-14/h4-8,10,12,16-17H,2,9,11H2. The molecule has 0 aliphatic heterocycles. The highest BCUT2D eigenvalue weighted by atomic mass is 32.2. The van der Waals surface area contributed by atoms with E-state index in [9.17, 15) is 8.42 Å². The van der Waals surface area contributed by atoms with Crippen molar-refractivity contribution in [3.05, 3.63) is 52.2 Å². The lowest BCUT2D eigenvalue weighted by Crippen LogP contribution is -2.22. The molecule has 1 heterocycles. The van der Waals surface area contributed by atoms with Gasteiger partial charge in [-0.3, -0.25) is 0 Å². The molecule has 0 saturated carbocycles. The fourth-order valence-electron chi connectivity index (χ4n) is 1.59. The Morgan fingerprint density at radius 3 is 2.57 bits per heavy atom. The molecule has 0 bridgehead atoms. The maximum Gasteiger partial charge on any atom is 0.240 e. The molecule has 2 rings (SSSR count). The largest absolute Gasteiger partial charge is 0.395 e. The summed E-state index contributed by atoms with van der Waals surface area (Å²) in [6.07, 6.45) is 0.405. The molecule has 0 aliphatic rings. The van der Waals surface area contributed by atoms with Crippen molar-refractivity contribution in [3.63, 3.8) is 0 Å². The summed E-state index contributed by atoms with van der Waals surface area (Å²) in [7, 11) is -3.51. The van der Waals surface area contributed by atoms with Crippen LogP contribution < -0.4 is 4.72 Å². The van der Waals surface area contributed by atoms with Crippen LogP contribution >= 0.6 is 11.3 Å². The molecule has 1 aromatic carbocycles.